The fourth-order valence-corrected chi connectivity index (χ4v) is 1.93. The van der Waals surface area contributed by atoms with Gasteiger partial charge in [-0.25, -0.2) is 9.97 Å². The van der Waals surface area contributed by atoms with Crippen LogP contribution < -0.4 is 5.73 Å². The third-order valence-corrected chi connectivity index (χ3v) is 2.85. The van der Waals surface area contributed by atoms with Crippen LogP contribution in [0.15, 0.2) is 23.0 Å². The molecule has 0 radical (unpaired) electrons. The van der Waals surface area contributed by atoms with Gasteiger partial charge in [0.15, 0.2) is 0 Å². The van der Waals surface area contributed by atoms with Gasteiger partial charge in [0.05, 0.1) is 6.10 Å². The molecule has 18 heavy (non-hydrogen) atoms. The minimum Gasteiger partial charge on any atom is -0.364 e. The highest BCUT2D eigenvalue weighted by Gasteiger charge is 2.30. The maximum atomic E-state index is 5.68. The molecule has 1 aliphatic heterocycles. The Morgan fingerprint density at radius 1 is 1.22 bits per heavy atom. The van der Waals surface area contributed by atoms with Crippen molar-refractivity contribution in [3.05, 3.63) is 24.4 Å². The first-order valence-electron chi connectivity index (χ1n) is 5.83. The number of ether oxygens (including phenoxy) is 1. The van der Waals surface area contributed by atoms with E-state index in [9.17, 15) is 0 Å². The zero-order valence-corrected chi connectivity index (χ0v) is 9.69. The lowest BCUT2D eigenvalue weighted by Crippen LogP contribution is -2.18. The maximum absolute atomic E-state index is 5.68. The van der Waals surface area contributed by atoms with E-state index in [1.165, 1.54) is 0 Å². The molecule has 2 aromatic rings. The molecule has 0 aromatic carbocycles. The third-order valence-electron chi connectivity index (χ3n) is 2.85. The van der Waals surface area contributed by atoms with Gasteiger partial charge in [0.1, 0.15) is 6.10 Å². The maximum Gasteiger partial charge on any atom is 0.256 e. The quantitative estimate of drug-likeness (QED) is 0.852. The Kier molecular flexibility index (Phi) is 2.99. The number of hydrogen-bond donors (Lipinski definition) is 1. The summed E-state index contributed by atoms with van der Waals surface area (Å²) in [6, 6.07) is 1.73. The molecule has 0 spiro atoms. The Morgan fingerprint density at radius 3 is 2.78 bits per heavy atom. The Hall–Kier alpha value is -1.86. The SMILES string of the molecule is NCC1CCC(c2nc(-c3ncccn3)no2)O1. The Labute approximate surface area is 103 Å². The molecule has 1 fully saturated rings. The molecule has 94 valence electrons. The summed E-state index contributed by atoms with van der Waals surface area (Å²) in [6.07, 6.45) is 4.95. The predicted molar refractivity (Wildman–Crippen MR) is 61.2 cm³/mol. The van der Waals surface area contributed by atoms with Crippen LogP contribution in [0.2, 0.25) is 0 Å². The van der Waals surface area contributed by atoms with E-state index >= 15 is 0 Å². The van der Waals surface area contributed by atoms with Gasteiger partial charge in [-0.05, 0) is 18.9 Å². The lowest BCUT2D eigenvalue weighted by Gasteiger charge is -2.07. The van der Waals surface area contributed by atoms with Crippen LogP contribution >= 0.6 is 0 Å². The van der Waals surface area contributed by atoms with E-state index in [1.807, 2.05) is 0 Å². The van der Waals surface area contributed by atoms with Gasteiger partial charge in [-0.15, -0.1) is 0 Å². The second-order valence-corrected chi connectivity index (χ2v) is 4.09. The molecule has 0 amide bonds. The smallest absolute Gasteiger partial charge is 0.256 e. The van der Waals surface area contributed by atoms with Crippen LogP contribution in [0.5, 0.6) is 0 Å². The van der Waals surface area contributed by atoms with Gasteiger partial charge < -0.3 is 15.0 Å². The first-order chi connectivity index (χ1) is 8.86. The molecular weight excluding hydrogens is 234 g/mol. The van der Waals surface area contributed by atoms with Gasteiger partial charge in [-0.1, -0.05) is 5.16 Å². The van der Waals surface area contributed by atoms with Gasteiger partial charge in [-0.3, -0.25) is 0 Å². The van der Waals surface area contributed by atoms with Crippen LogP contribution in [-0.4, -0.2) is 32.8 Å². The highest BCUT2D eigenvalue weighted by atomic mass is 16.5. The van der Waals surface area contributed by atoms with Crippen LogP contribution in [0, 0.1) is 0 Å². The fraction of sp³-hybridized carbons (Fsp3) is 0.455. The van der Waals surface area contributed by atoms with Crippen molar-refractivity contribution in [1.29, 1.82) is 0 Å². The molecular formula is C11H13N5O2. The lowest BCUT2D eigenvalue weighted by molar-refractivity contribution is 0.0307. The molecule has 1 saturated heterocycles. The molecule has 2 N–H and O–H groups in total. The summed E-state index contributed by atoms with van der Waals surface area (Å²) in [5.41, 5.74) is 5.56. The molecule has 0 aliphatic carbocycles. The van der Waals surface area contributed by atoms with E-state index in [1.54, 1.807) is 18.5 Å². The first-order valence-corrected chi connectivity index (χ1v) is 5.83. The van der Waals surface area contributed by atoms with Crippen molar-refractivity contribution in [3.63, 3.8) is 0 Å². The topological polar surface area (TPSA) is 100.0 Å². The summed E-state index contributed by atoms with van der Waals surface area (Å²) in [5.74, 6) is 1.29. The molecule has 2 unspecified atom stereocenters. The molecule has 0 bridgehead atoms. The molecule has 3 rings (SSSR count). The number of nitrogens with zero attached hydrogens (tertiary/aromatic N) is 4. The molecule has 0 saturated carbocycles. The van der Waals surface area contributed by atoms with Crippen molar-refractivity contribution in [2.24, 2.45) is 5.73 Å². The Morgan fingerprint density at radius 2 is 2.06 bits per heavy atom. The van der Waals surface area contributed by atoms with Crippen molar-refractivity contribution < 1.29 is 9.26 Å². The van der Waals surface area contributed by atoms with Crippen LogP contribution in [0.25, 0.3) is 11.6 Å². The van der Waals surface area contributed by atoms with Crippen molar-refractivity contribution >= 4 is 0 Å². The summed E-state index contributed by atoms with van der Waals surface area (Å²) < 4.78 is 10.9. The fourth-order valence-electron chi connectivity index (χ4n) is 1.93. The van der Waals surface area contributed by atoms with Crippen LogP contribution in [-0.2, 0) is 4.74 Å². The molecule has 3 heterocycles. The van der Waals surface area contributed by atoms with Crippen molar-refractivity contribution in [1.82, 2.24) is 20.1 Å². The summed E-state index contributed by atoms with van der Waals surface area (Å²) in [5, 5.41) is 3.86. The standard InChI is InChI=1S/C11H13N5O2/c12-6-7-2-3-8(17-7)11-15-10(16-18-11)9-13-4-1-5-14-9/h1,4-5,7-8H,2-3,6,12H2. The van der Waals surface area contributed by atoms with Gasteiger partial charge in [-0.2, -0.15) is 4.98 Å². The summed E-state index contributed by atoms with van der Waals surface area (Å²) >= 11 is 0. The molecule has 7 heteroatoms. The average molecular weight is 247 g/mol. The van der Waals surface area contributed by atoms with E-state index in [4.69, 9.17) is 15.0 Å². The average Bonchev–Trinajstić information content (AvgIpc) is 3.08. The normalized spacial score (nSPS) is 23.4. The van der Waals surface area contributed by atoms with Gasteiger partial charge in [0.25, 0.3) is 5.89 Å². The van der Waals surface area contributed by atoms with Crippen molar-refractivity contribution in [2.75, 3.05) is 6.54 Å². The highest BCUT2D eigenvalue weighted by molar-refractivity contribution is 5.40. The van der Waals surface area contributed by atoms with Gasteiger partial charge in [0, 0.05) is 18.9 Å². The number of aromatic nitrogens is 4. The zero-order chi connectivity index (χ0) is 12.4. The lowest BCUT2D eigenvalue weighted by atomic mass is 10.2. The van der Waals surface area contributed by atoms with Gasteiger partial charge >= 0.3 is 0 Å². The molecule has 1 aliphatic rings. The van der Waals surface area contributed by atoms with E-state index in [2.05, 4.69) is 20.1 Å². The minimum absolute atomic E-state index is 0.0818. The summed E-state index contributed by atoms with van der Waals surface area (Å²) in [6.45, 7) is 0.513. The van der Waals surface area contributed by atoms with E-state index < -0.39 is 0 Å². The third kappa shape index (κ3) is 2.09. The van der Waals surface area contributed by atoms with E-state index in [0.717, 1.165) is 12.8 Å². The second kappa shape index (κ2) is 4.79. The van der Waals surface area contributed by atoms with E-state index in [-0.39, 0.29) is 12.2 Å². The largest absolute Gasteiger partial charge is 0.364 e. The molecule has 2 aromatic heterocycles. The van der Waals surface area contributed by atoms with Crippen molar-refractivity contribution in [3.8, 4) is 11.6 Å². The van der Waals surface area contributed by atoms with Crippen molar-refractivity contribution in [2.45, 2.75) is 25.0 Å². The van der Waals surface area contributed by atoms with Crippen LogP contribution in [0.4, 0.5) is 0 Å². The summed E-state index contributed by atoms with van der Waals surface area (Å²) in [4.78, 5) is 12.4. The van der Waals surface area contributed by atoms with Gasteiger partial charge in [0.2, 0.25) is 11.6 Å². The predicted octanol–water partition coefficient (Wildman–Crippen LogP) is 0.705. The molecule has 2 atom stereocenters. The highest BCUT2D eigenvalue weighted by Crippen LogP contribution is 2.31. The second-order valence-electron chi connectivity index (χ2n) is 4.09. The minimum atomic E-state index is -0.163. The Balaban J connectivity index is 1.78. The van der Waals surface area contributed by atoms with E-state index in [0.29, 0.717) is 24.1 Å². The van der Waals surface area contributed by atoms with Crippen LogP contribution in [0.1, 0.15) is 24.8 Å². The monoisotopic (exact) mass is 247 g/mol. The number of rotatable bonds is 3. The summed E-state index contributed by atoms with van der Waals surface area (Å²) in [7, 11) is 0. The van der Waals surface area contributed by atoms with Crippen LogP contribution in [0.3, 0.4) is 0 Å². The molecule has 7 nitrogen and oxygen atoms in total. The first kappa shape index (κ1) is 11.2. The zero-order valence-electron chi connectivity index (χ0n) is 9.69. The number of hydrogen-bond acceptors (Lipinski definition) is 7. The Bertz CT molecular complexity index is 515. The number of nitrogens with two attached hydrogens (primary N) is 1.